The largest absolute Gasteiger partial charge is 0.466 e. The number of aromatic nitrogens is 2. The lowest BCUT2D eigenvalue weighted by Crippen LogP contribution is -2.16. The van der Waals surface area contributed by atoms with Gasteiger partial charge in [-0.2, -0.15) is 0 Å². The number of carbonyl (C=O) groups excluding carboxylic acids is 1. The number of hydrogen-bond acceptors (Lipinski definition) is 4. The highest BCUT2D eigenvalue weighted by Gasteiger charge is 2.13. The summed E-state index contributed by atoms with van der Waals surface area (Å²) in [5.41, 5.74) is 4.67. The number of esters is 1. The minimum absolute atomic E-state index is 0.203. The smallest absolute Gasteiger partial charge is 0.313 e. The molecule has 1 aromatic heterocycles. The second-order valence-corrected chi connectivity index (χ2v) is 5.05. The van der Waals surface area contributed by atoms with Gasteiger partial charge >= 0.3 is 5.97 Å². The van der Waals surface area contributed by atoms with E-state index in [4.69, 9.17) is 4.74 Å². The van der Waals surface area contributed by atoms with Gasteiger partial charge in [0.05, 0.1) is 17.6 Å². The van der Waals surface area contributed by atoms with Gasteiger partial charge in [0, 0.05) is 0 Å². The Labute approximate surface area is 117 Å². The van der Waals surface area contributed by atoms with Crippen molar-refractivity contribution in [2.75, 3.05) is 19.7 Å². The molecule has 0 fully saturated rings. The van der Waals surface area contributed by atoms with Gasteiger partial charge in [-0.05, 0) is 56.1 Å². The third-order valence-corrected chi connectivity index (χ3v) is 3.61. The van der Waals surface area contributed by atoms with Crippen molar-refractivity contribution in [2.45, 2.75) is 26.2 Å². The number of carbonyl (C=O) groups is 1. The predicted octanol–water partition coefficient (Wildman–Crippen LogP) is 1.36. The Morgan fingerprint density at radius 2 is 2.05 bits per heavy atom. The number of nitrogens with zero attached hydrogens (tertiary/aromatic N) is 1. The summed E-state index contributed by atoms with van der Waals surface area (Å²) in [5, 5.41) is 3.40. The zero-order valence-electron chi connectivity index (χ0n) is 11.7. The molecule has 0 spiro atoms. The van der Waals surface area contributed by atoms with E-state index in [-0.39, 0.29) is 12.4 Å². The fourth-order valence-corrected chi connectivity index (χ4v) is 2.67. The van der Waals surface area contributed by atoms with Gasteiger partial charge < -0.3 is 15.0 Å². The predicted molar refractivity (Wildman–Crippen MR) is 76.7 cm³/mol. The van der Waals surface area contributed by atoms with Crippen LogP contribution in [-0.2, 0) is 28.8 Å². The quantitative estimate of drug-likeness (QED) is 0.829. The number of hydrogen-bond donors (Lipinski definition) is 2. The minimum Gasteiger partial charge on any atom is -0.466 e. The molecule has 0 unspecified atom stereocenters. The molecule has 5 heteroatoms. The number of H-pyrrole nitrogens is 1. The normalized spacial score (nSPS) is 14.8. The first-order valence-electron chi connectivity index (χ1n) is 7.13. The molecule has 1 aliphatic heterocycles. The monoisotopic (exact) mass is 273 g/mol. The molecule has 0 amide bonds. The molecule has 20 heavy (non-hydrogen) atoms. The van der Waals surface area contributed by atoms with E-state index in [9.17, 15) is 4.79 Å². The number of benzene rings is 1. The number of fused-ring (bicyclic) bond motifs is 2. The Morgan fingerprint density at radius 1 is 1.30 bits per heavy atom. The fourth-order valence-electron chi connectivity index (χ4n) is 2.67. The molecule has 0 saturated heterocycles. The van der Waals surface area contributed by atoms with E-state index in [1.807, 2.05) is 6.92 Å². The molecule has 0 saturated carbocycles. The third-order valence-electron chi connectivity index (χ3n) is 3.61. The van der Waals surface area contributed by atoms with Gasteiger partial charge in [0.15, 0.2) is 0 Å². The first-order chi connectivity index (χ1) is 9.76. The summed E-state index contributed by atoms with van der Waals surface area (Å²) in [6.45, 7) is 4.24. The molecule has 0 bridgehead atoms. The lowest BCUT2D eigenvalue weighted by Gasteiger charge is -2.03. The highest BCUT2D eigenvalue weighted by molar-refractivity contribution is 5.79. The maximum Gasteiger partial charge on any atom is 0.313 e. The molecular formula is C15H19N3O2. The van der Waals surface area contributed by atoms with Crippen molar-refractivity contribution in [3.63, 3.8) is 0 Å². The number of ether oxygens (including phenoxy) is 1. The van der Waals surface area contributed by atoms with Crippen LogP contribution in [0.25, 0.3) is 11.0 Å². The minimum atomic E-state index is -0.239. The molecule has 1 aromatic carbocycles. The molecule has 0 radical (unpaired) electrons. The van der Waals surface area contributed by atoms with Crippen LogP contribution in [0.15, 0.2) is 12.1 Å². The van der Waals surface area contributed by atoms with Crippen molar-refractivity contribution < 1.29 is 9.53 Å². The van der Waals surface area contributed by atoms with Gasteiger partial charge in [-0.25, -0.2) is 4.98 Å². The van der Waals surface area contributed by atoms with E-state index in [2.05, 4.69) is 27.4 Å². The summed E-state index contributed by atoms with van der Waals surface area (Å²) in [6.07, 6.45) is 2.28. The molecule has 2 heterocycles. The van der Waals surface area contributed by atoms with E-state index < -0.39 is 0 Å². The van der Waals surface area contributed by atoms with Crippen molar-refractivity contribution in [3.8, 4) is 0 Å². The average Bonchev–Trinajstić information content (AvgIpc) is 2.64. The Balaban J connectivity index is 1.89. The lowest BCUT2D eigenvalue weighted by atomic mass is 10.0. The summed E-state index contributed by atoms with van der Waals surface area (Å²) in [4.78, 5) is 19.2. The van der Waals surface area contributed by atoms with Gasteiger partial charge in [-0.1, -0.05) is 0 Å². The van der Waals surface area contributed by atoms with Crippen molar-refractivity contribution >= 4 is 17.0 Å². The van der Waals surface area contributed by atoms with Crippen LogP contribution in [0.3, 0.4) is 0 Å². The summed E-state index contributed by atoms with van der Waals surface area (Å²) in [6, 6.07) is 4.31. The zero-order chi connectivity index (χ0) is 13.9. The zero-order valence-corrected chi connectivity index (χ0v) is 11.7. The van der Waals surface area contributed by atoms with Crippen LogP contribution < -0.4 is 5.32 Å². The van der Waals surface area contributed by atoms with Crippen LogP contribution in [0.1, 0.15) is 23.9 Å². The van der Waals surface area contributed by atoms with E-state index in [1.165, 1.54) is 11.1 Å². The van der Waals surface area contributed by atoms with Crippen LogP contribution in [0.2, 0.25) is 0 Å². The Hall–Kier alpha value is -1.88. The molecule has 106 valence electrons. The second kappa shape index (κ2) is 5.63. The third kappa shape index (κ3) is 2.67. The second-order valence-electron chi connectivity index (χ2n) is 5.05. The summed E-state index contributed by atoms with van der Waals surface area (Å²) in [5.74, 6) is 0.439. The van der Waals surface area contributed by atoms with E-state index in [1.54, 1.807) is 0 Å². The van der Waals surface area contributed by atoms with Crippen LogP contribution in [-0.4, -0.2) is 35.6 Å². The standard InChI is InChI=1S/C15H19N3O2/c1-2-20-15(19)9-14-17-12-7-10-3-5-16-6-4-11(10)8-13(12)18-14/h7-8,16H,2-6,9H2,1H3,(H,17,18). The fraction of sp³-hybridized carbons (Fsp3) is 0.467. The van der Waals surface area contributed by atoms with Crippen LogP contribution in [0.4, 0.5) is 0 Å². The molecule has 2 N–H and O–H groups in total. The average molecular weight is 273 g/mol. The van der Waals surface area contributed by atoms with Crippen molar-refractivity contribution in [3.05, 3.63) is 29.1 Å². The maximum absolute atomic E-state index is 11.5. The molecule has 1 aliphatic rings. The molecule has 0 atom stereocenters. The number of aromatic amines is 1. The van der Waals surface area contributed by atoms with Gasteiger partial charge in [-0.3, -0.25) is 4.79 Å². The number of rotatable bonds is 3. The van der Waals surface area contributed by atoms with Crippen LogP contribution in [0, 0.1) is 0 Å². The molecule has 5 nitrogen and oxygen atoms in total. The Morgan fingerprint density at radius 3 is 2.80 bits per heavy atom. The summed E-state index contributed by atoms with van der Waals surface area (Å²) < 4.78 is 4.95. The highest BCUT2D eigenvalue weighted by Crippen LogP contribution is 2.21. The van der Waals surface area contributed by atoms with E-state index >= 15 is 0 Å². The molecule has 0 aliphatic carbocycles. The summed E-state index contributed by atoms with van der Waals surface area (Å²) in [7, 11) is 0. The molecule has 3 rings (SSSR count). The van der Waals surface area contributed by atoms with Crippen LogP contribution >= 0.6 is 0 Å². The van der Waals surface area contributed by atoms with E-state index in [0.717, 1.165) is 37.0 Å². The first-order valence-corrected chi connectivity index (χ1v) is 7.13. The van der Waals surface area contributed by atoms with Gasteiger partial charge in [0.1, 0.15) is 12.2 Å². The number of nitrogens with one attached hydrogen (secondary N) is 2. The van der Waals surface area contributed by atoms with E-state index in [0.29, 0.717) is 12.4 Å². The highest BCUT2D eigenvalue weighted by atomic mass is 16.5. The Bertz CT molecular complexity index is 590. The van der Waals surface area contributed by atoms with Crippen LogP contribution in [0.5, 0.6) is 0 Å². The van der Waals surface area contributed by atoms with Gasteiger partial charge in [-0.15, -0.1) is 0 Å². The topological polar surface area (TPSA) is 67.0 Å². The SMILES string of the molecule is CCOC(=O)Cc1nc2cc3c(cc2[nH]1)CCNCC3. The Kier molecular flexibility index (Phi) is 3.69. The van der Waals surface area contributed by atoms with Crippen molar-refractivity contribution in [1.82, 2.24) is 15.3 Å². The van der Waals surface area contributed by atoms with Crippen molar-refractivity contribution in [2.24, 2.45) is 0 Å². The first kappa shape index (κ1) is 13.1. The number of imidazole rings is 1. The molecular weight excluding hydrogens is 254 g/mol. The maximum atomic E-state index is 11.5. The molecule has 2 aromatic rings. The van der Waals surface area contributed by atoms with Gasteiger partial charge in [0.2, 0.25) is 0 Å². The lowest BCUT2D eigenvalue weighted by molar-refractivity contribution is -0.142. The summed E-state index contributed by atoms with van der Waals surface area (Å²) >= 11 is 0. The van der Waals surface area contributed by atoms with Crippen molar-refractivity contribution in [1.29, 1.82) is 0 Å². The van der Waals surface area contributed by atoms with Gasteiger partial charge in [0.25, 0.3) is 0 Å².